The number of aromatic nitrogens is 1. The molecule has 0 saturated carbocycles. The molecule has 0 saturated heterocycles. The molecule has 0 aliphatic carbocycles. The zero-order valence-electron chi connectivity index (χ0n) is 12.2. The van der Waals surface area contributed by atoms with Gasteiger partial charge in [-0.3, -0.25) is 4.79 Å². The fourth-order valence-corrected chi connectivity index (χ4v) is 2.60. The van der Waals surface area contributed by atoms with Crippen LogP contribution in [0.25, 0.3) is 0 Å². The number of carbonyl (C=O) groups excluding carboxylic acids is 1. The van der Waals surface area contributed by atoms with Gasteiger partial charge in [-0.05, 0) is 19.1 Å². The molecule has 3 N–H and O–H groups in total. The number of amides is 1. The second-order valence-corrected chi connectivity index (χ2v) is 5.76. The van der Waals surface area contributed by atoms with Crippen LogP contribution in [0.1, 0.15) is 28.5 Å². The van der Waals surface area contributed by atoms with E-state index in [2.05, 4.69) is 15.2 Å². The highest BCUT2D eigenvalue weighted by molar-refractivity contribution is 7.09. The van der Waals surface area contributed by atoms with Crippen LogP contribution in [-0.2, 0) is 0 Å². The van der Waals surface area contributed by atoms with Crippen LogP contribution in [0, 0.1) is 0 Å². The van der Waals surface area contributed by atoms with Crippen molar-refractivity contribution >= 4 is 22.9 Å². The van der Waals surface area contributed by atoms with Crippen LogP contribution in [0.2, 0.25) is 0 Å². The van der Waals surface area contributed by atoms with E-state index in [1.54, 1.807) is 5.38 Å². The Morgan fingerprint density at radius 3 is 2.76 bits per heavy atom. The highest BCUT2D eigenvalue weighted by Crippen LogP contribution is 2.15. The quantitative estimate of drug-likeness (QED) is 0.856. The summed E-state index contributed by atoms with van der Waals surface area (Å²) in [6, 6.07) is 9.91. The van der Waals surface area contributed by atoms with Gasteiger partial charge < -0.3 is 16.0 Å². The van der Waals surface area contributed by atoms with E-state index in [4.69, 9.17) is 5.73 Å². The number of hydrogen-bond acceptors (Lipinski definition) is 5. The molecule has 6 heteroatoms. The molecule has 0 bridgehead atoms. The van der Waals surface area contributed by atoms with Crippen molar-refractivity contribution in [1.82, 2.24) is 10.3 Å². The summed E-state index contributed by atoms with van der Waals surface area (Å²) in [5, 5.41) is 5.40. The van der Waals surface area contributed by atoms with E-state index in [9.17, 15) is 4.79 Å². The lowest BCUT2D eigenvalue weighted by atomic mass is 10.3. The Hall–Kier alpha value is -1.92. The topological polar surface area (TPSA) is 71.2 Å². The Bertz CT molecular complexity index is 582. The third-order valence-corrected chi connectivity index (χ3v) is 4.12. The molecule has 0 aliphatic heterocycles. The van der Waals surface area contributed by atoms with Crippen molar-refractivity contribution in [3.8, 4) is 0 Å². The summed E-state index contributed by atoms with van der Waals surface area (Å²) in [7, 11) is 2.00. The lowest BCUT2D eigenvalue weighted by Gasteiger charge is -2.19. The number of nitrogens with two attached hydrogens (primary N) is 1. The molecule has 1 unspecified atom stereocenters. The van der Waals surface area contributed by atoms with E-state index in [1.807, 2.05) is 44.3 Å². The molecular weight excluding hydrogens is 284 g/mol. The van der Waals surface area contributed by atoms with Gasteiger partial charge in [-0.25, -0.2) is 4.98 Å². The lowest BCUT2D eigenvalue weighted by Crippen LogP contribution is -2.33. The van der Waals surface area contributed by atoms with Gasteiger partial charge in [0, 0.05) is 31.2 Å². The minimum Gasteiger partial charge on any atom is -0.373 e. The number of likely N-dealkylation sites (N-methyl/N-ethyl adjacent to an activating group) is 1. The number of thiazole rings is 1. The molecule has 0 radical (unpaired) electrons. The number of para-hydroxylation sites is 1. The number of benzene rings is 1. The van der Waals surface area contributed by atoms with E-state index in [0.29, 0.717) is 12.2 Å². The van der Waals surface area contributed by atoms with Crippen molar-refractivity contribution in [2.75, 3.05) is 25.0 Å². The molecule has 1 aromatic carbocycles. The third kappa shape index (κ3) is 4.27. The van der Waals surface area contributed by atoms with Gasteiger partial charge >= 0.3 is 0 Å². The van der Waals surface area contributed by atoms with Gasteiger partial charge in [-0.2, -0.15) is 0 Å². The maximum Gasteiger partial charge on any atom is 0.270 e. The van der Waals surface area contributed by atoms with E-state index in [0.717, 1.165) is 17.2 Å². The molecular formula is C15H20N4OS. The Morgan fingerprint density at radius 2 is 2.14 bits per heavy atom. The standard InChI is InChI=1S/C15H20N4OS/c1-11(16)15-18-13(10-21-15)14(20)17-8-9-19(2)12-6-4-3-5-7-12/h3-7,10-11H,8-9,16H2,1-2H3,(H,17,20). The van der Waals surface area contributed by atoms with Crippen molar-refractivity contribution in [2.24, 2.45) is 5.73 Å². The number of anilines is 1. The molecule has 1 atom stereocenters. The van der Waals surface area contributed by atoms with Gasteiger partial charge in [0.25, 0.3) is 5.91 Å². The van der Waals surface area contributed by atoms with E-state index in [-0.39, 0.29) is 11.9 Å². The van der Waals surface area contributed by atoms with Gasteiger partial charge in [0.05, 0.1) is 6.04 Å². The van der Waals surface area contributed by atoms with E-state index in [1.165, 1.54) is 11.3 Å². The van der Waals surface area contributed by atoms with Crippen LogP contribution < -0.4 is 16.0 Å². The first-order valence-corrected chi connectivity index (χ1v) is 7.71. The summed E-state index contributed by atoms with van der Waals surface area (Å²) in [5.74, 6) is -0.153. The second kappa shape index (κ2) is 7.19. The molecule has 2 rings (SSSR count). The molecule has 112 valence electrons. The molecule has 1 amide bonds. The third-order valence-electron chi connectivity index (χ3n) is 3.07. The number of rotatable bonds is 6. The number of hydrogen-bond donors (Lipinski definition) is 2. The van der Waals surface area contributed by atoms with Crippen LogP contribution in [0.5, 0.6) is 0 Å². The van der Waals surface area contributed by atoms with Crippen LogP contribution in [0.4, 0.5) is 5.69 Å². The fourth-order valence-electron chi connectivity index (χ4n) is 1.84. The number of nitrogens with zero attached hydrogens (tertiary/aromatic N) is 2. The highest BCUT2D eigenvalue weighted by Gasteiger charge is 2.12. The minimum atomic E-state index is -0.153. The van der Waals surface area contributed by atoms with Crippen LogP contribution in [0.3, 0.4) is 0 Å². The molecule has 0 aliphatic rings. The number of carbonyl (C=O) groups is 1. The van der Waals surface area contributed by atoms with Crippen molar-refractivity contribution in [2.45, 2.75) is 13.0 Å². The maximum atomic E-state index is 12.0. The predicted molar refractivity (Wildman–Crippen MR) is 86.8 cm³/mol. The van der Waals surface area contributed by atoms with E-state index >= 15 is 0 Å². The SMILES string of the molecule is CC(N)c1nc(C(=O)NCCN(C)c2ccccc2)cs1. The average molecular weight is 304 g/mol. The van der Waals surface area contributed by atoms with Crippen molar-refractivity contribution in [3.63, 3.8) is 0 Å². The zero-order chi connectivity index (χ0) is 15.2. The van der Waals surface area contributed by atoms with Crippen molar-refractivity contribution < 1.29 is 4.79 Å². The van der Waals surface area contributed by atoms with Crippen molar-refractivity contribution in [1.29, 1.82) is 0 Å². The first-order chi connectivity index (χ1) is 10.1. The summed E-state index contributed by atoms with van der Waals surface area (Å²) >= 11 is 1.42. The zero-order valence-corrected chi connectivity index (χ0v) is 13.1. The highest BCUT2D eigenvalue weighted by atomic mass is 32.1. The van der Waals surface area contributed by atoms with Crippen LogP contribution in [0.15, 0.2) is 35.7 Å². The molecule has 0 fully saturated rings. The molecule has 2 aromatic rings. The van der Waals surface area contributed by atoms with Gasteiger partial charge in [0.15, 0.2) is 0 Å². The Labute approximate surface area is 128 Å². The Balaban J connectivity index is 1.81. The molecule has 1 heterocycles. The molecule has 0 spiro atoms. The minimum absolute atomic E-state index is 0.138. The maximum absolute atomic E-state index is 12.0. The summed E-state index contributed by atoms with van der Waals surface area (Å²) in [6.45, 7) is 3.16. The average Bonchev–Trinajstić information content (AvgIpc) is 2.98. The molecule has 1 aromatic heterocycles. The lowest BCUT2D eigenvalue weighted by molar-refractivity contribution is 0.0950. The van der Waals surface area contributed by atoms with Gasteiger partial charge in [0.1, 0.15) is 10.7 Å². The van der Waals surface area contributed by atoms with E-state index < -0.39 is 0 Å². The van der Waals surface area contributed by atoms with Crippen LogP contribution in [-0.4, -0.2) is 31.0 Å². The largest absolute Gasteiger partial charge is 0.373 e. The second-order valence-electron chi connectivity index (χ2n) is 4.87. The number of nitrogens with one attached hydrogen (secondary N) is 1. The fraction of sp³-hybridized carbons (Fsp3) is 0.333. The summed E-state index contributed by atoms with van der Waals surface area (Å²) in [5.41, 5.74) is 7.31. The smallest absolute Gasteiger partial charge is 0.270 e. The first kappa shape index (κ1) is 15.5. The van der Waals surface area contributed by atoms with Gasteiger partial charge in [0.2, 0.25) is 0 Å². The molecule has 5 nitrogen and oxygen atoms in total. The summed E-state index contributed by atoms with van der Waals surface area (Å²) in [6.07, 6.45) is 0. The van der Waals surface area contributed by atoms with Crippen molar-refractivity contribution in [3.05, 3.63) is 46.4 Å². The predicted octanol–water partition coefficient (Wildman–Crippen LogP) is 2.03. The van der Waals surface area contributed by atoms with Crippen LogP contribution >= 0.6 is 11.3 Å². The Kier molecular flexibility index (Phi) is 5.30. The van der Waals surface area contributed by atoms with Gasteiger partial charge in [-0.15, -0.1) is 11.3 Å². The normalized spacial score (nSPS) is 12.0. The monoisotopic (exact) mass is 304 g/mol. The van der Waals surface area contributed by atoms with Gasteiger partial charge in [-0.1, -0.05) is 18.2 Å². The summed E-state index contributed by atoms with van der Waals surface area (Å²) < 4.78 is 0. The first-order valence-electron chi connectivity index (χ1n) is 6.83. The molecule has 21 heavy (non-hydrogen) atoms. The summed E-state index contributed by atoms with van der Waals surface area (Å²) in [4.78, 5) is 18.3. The Morgan fingerprint density at radius 1 is 1.43 bits per heavy atom.